The highest BCUT2D eigenvalue weighted by atomic mass is 19.4. The minimum atomic E-state index is -4.74. The Morgan fingerprint density at radius 1 is 1.19 bits per heavy atom. The Kier molecular flexibility index (Phi) is 8.04. The molecule has 3 heterocycles. The number of halogens is 3. The van der Waals surface area contributed by atoms with Crippen molar-refractivity contribution in [3.05, 3.63) is 59.4 Å². The highest BCUT2D eigenvalue weighted by Crippen LogP contribution is 2.42. The number of amides is 1. The average Bonchev–Trinajstić information content (AvgIpc) is 3.27. The van der Waals surface area contributed by atoms with E-state index in [1.54, 1.807) is 24.3 Å². The fraction of sp³-hybridized carbons (Fsp3) is 0.538. The summed E-state index contributed by atoms with van der Waals surface area (Å²) >= 11 is 0. The fourth-order valence-electron chi connectivity index (χ4n) is 4.67. The molecule has 2 aromatic rings. The molecule has 1 amide bonds. The lowest BCUT2D eigenvalue weighted by molar-refractivity contribution is -0.220. The zero-order valence-electron chi connectivity index (χ0n) is 20.4. The summed E-state index contributed by atoms with van der Waals surface area (Å²) in [7, 11) is 1.52. The lowest BCUT2D eigenvalue weighted by Crippen LogP contribution is -2.49. The van der Waals surface area contributed by atoms with Crippen molar-refractivity contribution in [1.82, 2.24) is 9.88 Å². The first-order valence-electron chi connectivity index (χ1n) is 12.0. The van der Waals surface area contributed by atoms with E-state index < -0.39 is 30.6 Å². The number of aromatic nitrogens is 1. The van der Waals surface area contributed by atoms with Crippen LogP contribution in [0, 0.1) is 6.92 Å². The molecule has 2 atom stereocenters. The van der Waals surface area contributed by atoms with Gasteiger partial charge in [-0.1, -0.05) is 18.2 Å². The summed E-state index contributed by atoms with van der Waals surface area (Å²) in [6, 6.07) is 12.7. The Balaban J connectivity index is 1.27. The van der Waals surface area contributed by atoms with Crippen LogP contribution < -0.4 is 4.74 Å². The van der Waals surface area contributed by atoms with E-state index in [2.05, 4.69) is 4.98 Å². The van der Waals surface area contributed by atoms with Gasteiger partial charge in [-0.2, -0.15) is 13.2 Å². The number of rotatable bonds is 7. The van der Waals surface area contributed by atoms with Crippen LogP contribution >= 0.6 is 0 Å². The van der Waals surface area contributed by atoms with E-state index in [9.17, 15) is 18.0 Å². The molecule has 2 fully saturated rings. The summed E-state index contributed by atoms with van der Waals surface area (Å²) in [5.41, 5.74) is 2.22. The van der Waals surface area contributed by atoms with Crippen molar-refractivity contribution >= 4 is 6.09 Å². The van der Waals surface area contributed by atoms with Gasteiger partial charge in [-0.15, -0.1) is 0 Å². The van der Waals surface area contributed by atoms with E-state index in [0.717, 1.165) is 17.8 Å². The van der Waals surface area contributed by atoms with Crippen molar-refractivity contribution in [2.24, 2.45) is 0 Å². The van der Waals surface area contributed by atoms with Crippen LogP contribution in [0.5, 0.6) is 5.75 Å². The lowest BCUT2D eigenvalue weighted by atomic mass is 9.84. The van der Waals surface area contributed by atoms with E-state index >= 15 is 0 Å². The summed E-state index contributed by atoms with van der Waals surface area (Å²) in [6.07, 6.45) is -6.23. The van der Waals surface area contributed by atoms with E-state index in [-0.39, 0.29) is 25.6 Å². The first-order valence-corrected chi connectivity index (χ1v) is 12.0. The van der Waals surface area contributed by atoms with Gasteiger partial charge >= 0.3 is 12.3 Å². The molecule has 2 aliphatic heterocycles. The SMILES string of the molecule is COc1ccc(COCC(OC(=O)N2CCC3(CC2)CC(c2cccc(C)n2)CO3)C(F)(F)F)cc1. The maximum atomic E-state index is 13.5. The van der Waals surface area contributed by atoms with E-state index in [4.69, 9.17) is 18.9 Å². The van der Waals surface area contributed by atoms with Gasteiger partial charge in [0.2, 0.25) is 6.10 Å². The number of ether oxygens (including phenoxy) is 4. The number of likely N-dealkylation sites (tertiary alicyclic amines) is 1. The van der Waals surface area contributed by atoms with Gasteiger partial charge in [0, 0.05) is 30.4 Å². The molecule has 1 aromatic carbocycles. The number of methoxy groups -OCH3 is 1. The number of carbonyl (C=O) groups excluding carboxylic acids is 1. The molecule has 0 N–H and O–H groups in total. The molecular formula is C26H31F3N2O5. The third kappa shape index (κ3) is 6.47. The Hall–Kier alpha value is -2.85. The molecule has 0 bridgehead atoms. The predicted molar refractivity (Wildman–Crippen MR) is 125 cm³/mol. The quantitative estimate of drug-likeness (QED) is 0.523. The van der Waals surface area contributed by atoms with Crippen LogP contribution in [0.1, 0.15) is 42.1 Å². The van der Waals surface area contributed by atoms with E-state index in [1.807, 2.05) is 25.1 Å². The average molecular weight is 509 g/mol. The van der Waals surface area contributed by atoms with Crippen molar-refractivity contribution in [2.45, 2.75) is 56.6 Å². The third-order valence-electron chi connectivity index (χ3n) is 6.78. The molecule has 1 spiro atoms. The van der Waals surface area contributed by atoms with Crippen LogP contribution in [0.3, 0.4) is 0 Å². The van der Waals surface area contributed by atoms with Gasteiger partial charge < -0.3 is 23.8 Å². The number of carbonyl (C=O) groups is 1. The molecule has 0 saturated carbocycles. The van der Waals surface area contributed by atoms with Gasteiger partial charge in [0.25, 0.3) is 0 Å². The number of nitrogens with zero attached hydrogens (tertiary/aromatic N) is 2. The Morgan fingerprint density at radius 2 is 1.92 bits per heavy atom. The molecule has 2 saturated heterocycles. The van der Waals surface area contributed by atoms with Gasteiger partial charge in [0.15, 0.2) is 0 Å². The second kappa shape index (κ2) is 11.0. The predicted octanol–water partition coefficient (Wildman–Crippen LogP) is 5.02. The highest BCUT2D eigenvalue weighted by molar-refractivity contribution is 5.68. The molecule has 196 valence electrons. The Labute approximate surface area is 208 Å². The van der Waals surface area contributed by atoms with Gasteiger partial charge in [-0.25, -0.2) is 4.79 Å². The molecule has 36 heavy (non-hydrogen) atoms. The topological polar surface area (TPSA) is 70.1 Å². The van der Waals surface area contributed by atoms with Gasteiger partial charge in [-0.3, -0.25) is 4.98 Å². The number of hydrogen-bond acceptors (Lipinski definition) is 6. The maximum Gasteiger partial charge on any atom is 0.427 e. The zero-order chi connectivity index (χ0) is 25.8. The first-order chi connectivity index (χ1) is 17.2. The maximum absolute atomic E-state index is 13.5. The number of piperidine rings is 1. The van der Waals surface area contributed by atoms with Crippen molar-refractivity contribution in [2.75, 3.05) is 33.4 Å². The van der Waals surface area contributed by atoms with Crippen molar-refractivity contribution < 1.29 is 36.9 Å². The standard InChI is InChI=1S/C26H31F3N2O5/c1-18-4-3-5-22(30-18)20-14-25(35-16-20)10-12-31(13-11-25)24(32)36-23(26(27,28)29)17-34-15-19-6-8-21(33-2)9-7-19/h3-9,20,23H,10-17H2,1-2H3. The Bertz CT molecular complexity index is 1020. The second-order valence-electron chi connectivity index (χ2n) is 9.36. The molecule has 10 heteroatoms. The molecular weight excluding hydrogens is 477 g/mol. The number of benzene rings is 1. The monoisotopic (exact) mass is 508 g/mol. The minimum Gasteiger partial charge on any atom is -0.497 e. The van der Waals surface area contributed by atoms with Crippen LogP contribution in [-0.2, 0) is 20.8 Å². The number of aryl methyl sites for hydroxylation is 1. The van der Waals surface area contributed by atoms with Crippen molar-refractivity contribution in [3.8, 4) is 5.75 Å². The molecule has 2 aliphatic rings. The molecule has 4 rings (SSSR count). The summed E-state index contributed by atoms with van der Waals surface area (Å²) in [6.45, 7) is 2.19. The van der Waals surface area contributed by atoms with Gasteiger partial charge in [-0.05, 0) is 56.0 Å². The van der Waals surface area contributed by atoms with Gasteiger partial charge in [0.1, 0.15) is 5.75 Å². The van der Waals surface area contributed by atoms with Gasteiger partial charge in [0.05, 0.1) is 32.5 Å². The summed E-state index contributed by atoms with van der Waals surface area (Å²) in [5, 5.41) is 0. The normalized spacial score (nSPS) is 20.4. The Morgan fingerprint density at radius 3 is 2.56 bits per heavy atom. The minimum absolute atomic E-state index is 0.0470. The van der Waals surface area contributed by atoms with Crippen LogP contribution in [-0.4, -0.2) is 67.3 Å². The first kappa shape index (κ1) is 26.2. The largest absolute Gasteiger partial charge is 0.497 e. The van der Waals surface area contributed by atoms with Crippen LogP contribution in [0.4, 0.5) is 18.0 Å². The molecule has 0 radical (unpaired) electrons. The van der Waals surface area contributed by atoms with Crippen LogP contribution in [0.25, 0.3) is 0 Å². The fourth-order valence-corrected chi connectivity index (χ4v) is 4.67. The summed E-state index contributed by atoms with van der Waals surface area (Å²) in [5.74, 6) is 0.801. The third-order valence-corrected chi connectivity index (χ3v) is 6.78. The van der Waals surface area contributed by atoms with Crippen molar-refractivity contribution in [1.29, 1.82) is 0 Å². The summed E-state index contributed by atoms with van der Waals surface area (Å²) in [4.78, 5) is 18.5. The molecule has 2 unspecified atom stereocenters. The van der Waals surface area contributed by atoms with Crippen molar-refractivity contribution in [3.63, 3.8) is 0 Å². The molecule has 7 nitrogen and oxygen atoms in total. The lowest BCUT2D eigenvalue weighted by Gasteiger charge is -2.38. The second-order valence-corrected chi connectivity index (χ2v) is 9.36. The van der Waals surface area contributed by atoms with Crippen LogP contribution in [0.15, 0.2) is 42.5 Å². The van der Waals surface area contributed by atoms with Crippen LogP contribution in [0.2, 0.25) is 0 Å². The molecule has 1 aromatic heterocycles. The smallest absolute Gasteiger partial charge is 0.427 e. The highest BCUT2D eigenvalue weighted by Gasteiger charge is 2.47. The number of hydrogen-bond donors (Lipinski definition) is 0. The number of pyridine rings is 1. The number of alkyl halides is 3. The van der Waals surface area contributed by atoms with E-state index in [0.29, 0.717) is 30.8 Å². The zero-order valence-corrected chi connectivity index (χ0v) is 20.4. The summed E-state index contributed by atoms with van der Waals surface area (Å²) < 4.78 is 61.8. The molecule has 0 aliphatic carbocycles. The van der Waals surface area contributed by atoms with E-state index in [1.165, 1.54) is 12.0 Å².